The van der Waals surface area contributed by atoms with E-state index in [0.29, 0.717) is 50.6 Å². The van der Waals surface area contributed by atoms with Gasteiger partial charge in [0.05, 0.1) is 23.6 Å². The first kappa shape index (κ1) is 14.9. The number of hydrogen-bond acceptors (Lipinski definition) is 5. The van der Waals surface area contributed by atoms with Crippen molar-refractivity contribution in [1.29, 1.82) is 0 Å². The maximum atomic E-state index is 10.6. The Balaban J connectivity index is 2.12. The van der Waals surface area contributed by atoms with Crippen molar-refractivity contribution < 1.29 is 14.6 Å². The van der Waals surface area contributed by atoms with Crippen LogP contribution in [-0.4, -0.2) is 44.1 Å². The van der Waals surface area contributed by atoms with Crippen molar-refractivity contribution in [3.8, 4) is 5.75 Å². The fraction of sp³-hybridized carbons (Fsp3) is 0.600. The molecule has 3 N–H and O–H groups in total. The number of anilines is 2. The lowest BCUT2D eigenvalue weighted by molar-refractivity contribution is -0.0572. The number of benzene rings is 1. The molecule has 0 spiro atoms. The third-order valence-corrected chi connectivity index (χ3v) is 3.71. The van der Waals surface area contributed by atoms with Crippen LogP contribution in [0, 0.1) is 0 Å². The van der Waals surface area contributed by atoms with Gasteiger partial charge < -0.3 is 25.2 Å². The van der Waals surface area contributed by atoms with Gasteiger partial charge in [-0.2, -0.15) is 0 Å². The highest BCUT2D eigenvalue weighted by Gasteiger charge is 2.31. The molecule has 0 amide bonds. The van der Waals surface area contributed by atoms with Gasteiger partial charge in [0, 0.05) is 39.6 Å². The molecule has 0 radical (unpaired) electrons. The molecule has 5 heteroatoms. The van der Waals surface area contributed by atoms with Gasteiger partial charge in [-0.25, -0.2) is 0 Å². The molecule has 1 aliphatic rings. The van der Waals surface area contributed by atoms with E-state index in [9.17, 15) is 5.11 Å². The summed E-state index contributed by atoms with van der Waals surface area (Å²) in [6, 6.07) is 5.72. The van der Waals surface area contributed by atoms with E-state index >= 15 is 0 Å². The topological polar surface area (TPSA) is 68.0 Å². The molecule has 20 heavy (non-hydrogen) atoms. The molecular formula is C15H24N2O3. The van der Waals surface area contributed by atoms with E-state index in [1.165, 1.54) is 0 Å². The Bertz CT molecular complexity index is 445. The molecule has 1 aliphatic heterocycles. The lowest BCUT2D eigenvalue weighted by atomic mass is 9.93. The van der Waals surface area contributed by atoms with E-state index in [0.717, 1.165) is 5.69 Å². The van der Waals surface area contributed by atoms with Crippen LogP contribution in [0.3, 0.4) is 0 Å². The molecule has 5 nitrogen and oxygen atoms in total. The normalized spacial score (nSPS) is 17.8. The van der Waals surface area contributed by atoms with Gasteiger partial charge in [-0.1, -0.05) is 6.07 Å². The number of nitrogens with two attached hydrogens (primary N) is 1. The van der Waals surface area contributed by atoms with Crippen molar-refractivity contribution in [3.63, 3.8) is 0 Å². The van der Waals surface area contributed by atoms with Crippen LogP contribution in [0.1, 0.15) is 19.8 Å². The van der Waals surface area contributed by atoms with E-state index in [-0.39, 0.29) is 0 Å². The quantitative estimate of drug-likeness (QED) is 0.803. The van der Waals surface area contributed by atoms with Crippen molar-refractivity contribution in [2.75, 3.05) is 44.0 Å². The molecule has 2 rings (SSSR count). The molecule has 0 atom stereocenters. The Morgan fingerprint density at radius 1 is 1.40 bits per heavy atom. The summed E-state index contributed by atoms with van der Waals surface area (Å²) in [7, 11) is 1.94. The fourth-order valence-electron chi connectivity index (χ4n) is 2.58. The first-order chi connectivity index (χ1) is 9.56. The van der Waals surface area contributed by atoms with Crippen LogP contribution in [0.25, 0.3) is 0 Å². The minimum absolute atomic E-state index is 0.538. The van der Waals surface area contributed by atoms with Crippen molar-refractivity contribution in [2.45, 2.75) is 25.4 Å². The minimum atomic E-state index is -0.707. The second-order valence-corrected chi connectivity index (χ2v) is 5.31. The highest BCUT2D eigenvalue weighted by molar-refractivity contribution is 5.73. The molecule has 112 valence electrons. The maximum absolute atomic E-state index is 10.6. The molecule has 1 heterocycles. The first-order valence-corrected chi connectivity index (χ1v) is 7.08. The van der Waals surface area contributed by atoms with Crippen LogP contribution >= 0.6 is 0 Å². The SMILES string of the molecule is CCOc1cccc(N(C)CC2(O)CCOCC2)c1N. The number of likely N-dealkylation sites (N-methyl/N-ethyl adjacent to an activating group) is 1. The summed E-state index contributed by atoms with van der Waals surface area (Å²) in [5.74, 6) is 0.691. The maximum Gasteiger partial charge on any atom is 0.144 e. The standard InChI is InChI=1S/C15H24N2O3/c1-3-20-13-6-4-5-12(14(13)16)17(2)11-15(18)7-9-19-10-8-15/h4-6,18H,3,7-11,16H2,1-2H3. The monoisotopic (exact) mass is 280 g/mol. The second-order valence-electron chi connectivity index (χ2n) is 5.31. The molecule has 1 aromatic carbocycles. The van der Waals surface area contributed by atoms with Gasteiger partial charge in [0.15, 0.2) is 0 Å². The molecule has 1 saturated heterocycles. The summed E-state index contributed by atoms with van der Waals surface area (Å²) in [6.07, 6.45) is 1.31. The molecule has 0 unspecified atom stereocenters. The average Bonchev–Trinajstić information content (AvgIpc) is 2.41. The number of rotatable bonds is 5. The largest absolute Gasteiger partial charge is 0.492 e. The van der Waals surface area contributed by atoms with Gasteiger partial charge >= 0.3 is 0 Å². The van der Waals surface area contributed by atoms with Crippen molar-refractivity contribution in [3.05, 3.63) is 18.2 Å². The van der Waals surface area contributed by atoms with Gasteiger partial charge in [-0.05, 0) is 19.1 Å². The highest BCUT2D eigenvalue weighted by Crippen LogP contribution is 2.33. The summed E-state index contributed by atoms with van der Waals surface area (Å²) < 4.78 is 10.8. The van der Waals surface area contributed by atoms with Gasteiger partial charge in [0.1, 0.15) is 5.75 Å². The average molecular weight is 280 g/mol. The Labute approximate surface area is 120 Å². The van der Waals surface area contributed by atoms with Crippen LogP contribution in [0.2, 0.25) is 0 Å². The van der Waals surface area contributed by atoms with E-state index in [1.807, 2.05) is 37.1 Å². The van der Waals surface area contributed by atoms with Crippen LogP contribution < -0.4 is 15.4 Å². The Kier molecular flexibility index (Phi) is 4.73. The van der Waals surface area contributed by atoms with E-state index < -0.39 is 5.60 Å². The molecule has 1 aromatic rings. The van der Waals surface area contributed by atoms with Gasteiger partial charge in [0.25, 0.3) is 0 Å². The highest BCUT2D eigenvalue weighted by atomic mass is 16.5. The second kappa shape index (κ2) is 6.33. The number of hydrogen-bond donors (Lipinski definition) is 2. The van der Waals surface area contributed by atoms with Crippen molar-refractivity contribution in [2.24, 2.45) is 0 Å². The van der Waals surface area contributed by atoms with E-state index in [2.05, 4.69) is 0 Å². The number of nitrogen functional groups attached to an aromatic ring is 1. The number of nitrogens with zero attached hydrogens (tertiary/aromatic N) is 1. The summed E-state index contributed by atoms with van der Waals surface area (Å²) in [5, 5.41) is 10.6. The summed E-state index contributed by atoms with van der Waals surface area (Å²) >= 11 is 0. The summed E-state index contributed by atoms with van der Waals surface area (Å²) in [5.41, 5.74) is 6.94. The number of para-hydroxylation sites is 1. The van der Waals surface area contributed by atoms with Gasteiger partial charge in [-0.3, -0.25) is 0 Å². The number of aliphatic hydroxyl groups is 1. The molecule has 1 fully saturated rings. The van der Waals surface area contributed by atoms with Crippen LogP contribution in [-0.2, 0) is 4.74 Å². The number of ether oxygens (including phenoxy) is 2. The zero-order chi connectivity index (χ0) is 14.6. The fourth-order valence-corrected chi connectivity index (χ4v) is 2.58. The van der Waals surface area contributed by atoms with Crippen LogP contribution in [0.4, 0.5) is 11.4 Å². The zero-order valence-electron chi connectivity index (χ0n) is 12.3. The van der Waals surface area contributed by atoms with E-state index in [4.69, 9.17) is 15.2 Å². The summed E-state index contributed by atoms with van der Waals surface area (Å²) in [4.78, 5) is 1.99. The predicted molar refractivity (Wildman–Crippen MR) is 80.3 cm³/mol. The molecule has 0 bridgehead atoms. The third kappa shape index (κ3) is 3.35. The molecular weight excluding hydrogens is 256 g/mol. The minimum Gasteiger partial charge on any atom is -0.492 e. The molecule has 0 saturated carbocycles. The summed E-state index contributed by atoms with van der Waals surface area (Å²) in [6.45, 7) is 4.27. The van der Waals surface area contributed by atoms with Crippen molar-refractivity contribution >= 4 is 11.4 Å². The first-order valence-electron chi connectivity index (χ1n) is 7.08. The third-order valence-electron chi connectivity index (χ3n) is 3.71. The smallest absolute Gasteiger partial charge is 0.144 e. The molecule has 0 aliphatic carbocycles. The molecule has 0 aromatic heterocycles. The van der Waals surface area contributed by atoms with Crippen LogP contribution in [0.5, 0.6) is 5.75 Å². The predicted octanol–water partition coefficient (Wildman–Crippen LogP) is 1.65. The Morgan fingerprint density at radius 3 is 2.75 bits per heavy atom. The van der Waals surface area contributed by atoms with Crippen molar-refractivity contribution in [1.82, 2.24) is 0 Å². The van der Waals surface area contributed by atoms with Gasteiger partial charge in [0.2, 0.25) is 0 Å². The van der Waals surface area contributed by atoms with Gasteiger partial charge in [-0.15, -0.1) is 0 Å². The zero-order valence-corrected chi connectivity index (χ0v) is 12.3. The Morgan fingerprint density at radius 2 is 2.10 bits per heavy atom. The lowest BCUT2D eigenvalue weighted by Gasteiger charge is -2.36. The lowest BCUT2D eigenvalue weighted by Crippen LogP contribution is -2.45. The van der Waals surface area contributed by atoms with E-state index in [1.54, 1.807) is 0 Å². The Hall–Kier alpha value is -1.46. The van der Waals surface area contributed by atoms with Crippen LogP contribution in [0.15, 0.2) is 18.2 Å².